The molecule has 1 heterocycles. The van der Waals surface area contributed by atoms with E-state index in [0.29, 0.717) is 11.4 Å². The van der Waals surface area contributed by atoms with Gasteiger partial charge < -0.3 is 5.32 Å². The Labute approximate surface area is 102 Å². The molecule has 88 valence electrons. The molecule has 1 atom stereocenters. The lowest BCUT2D eigenvalue weighted by atomic mass is 9.95. The molecule has 0 aliphatic heterocycles. The Kier molecular flexibility index (Phi) is 3.43. The zero-order valence-electron chi connectivity index (χ0n) is 10.2. The van der Waals surface area contributed by atoms with Crippen LogP contribution in [0.4, 0.5) is 5.82 Å². The van der Waals surface area contributed by atoms with Crippen molar-refractivity contribution in [1.82, 2.24) is 4.98 Å². The molecular formula is C14H17N3. The van der Waals surface area contributed by atoms with Crippen LogP contribution < -0.4 is 5.32 Å². The largest absolute Gasteiger partial charge is 0.363 e. The van der Waals surface area contributed by atoms with Crippen LogP contribution in [-0.2, 0) is 12.8 Å². The van der Waals surface area contributed by atoms with E-state index in [1.165, 1.54) is 18.4 Å². The van der Waals surface area contributed by atoms with Crippen molar-refractivity contribution in [2.75, 3.05) is 5.32 Å². The third-order valence-electron chi connectivity index (χ3n) is 3.14. The minimum absolute atomic E-state index is 0.122. The van der Waals surface area contributed by atoms with Gasteiger partial charge in [0.25, 0.3) is 0 Å². The van der Waals surface area contributed by atoms with E-state index in [4.69, 9.17) is 5.26 Å². The van der Waals surface area contributed by atoms with Crippen LogP contribution >= 0.6 is 0 Å². The number of nitrogens with zero attached hydrogens (tertiary/aromatic N) is 2. The molecule has 0 fully saturated rings. The molecule has 3 nitrogen and oxygen atoms in total. The number of nitrogens with one attached hydrogen (secondary N) is 1. The molecule has 1 aromatic heterocycles. The van der Waals surface area contributed by atoms with Crippen molar-refractivity contribution in [2.24, 2.45) is 0 Å². The van der Waals surface area contributed by atoms with Gasteiger partial charge in [0.15, 0.2) is 0 Å². The zero-order valence-corrected chi connectivity index (χ0v) is 10.2. The highest BCUT2D eigenvalue weighted by Gasteiger charge is 2.15. The van der Waals surface area contributed by atoms with E-state index in [0.717, 1.165) is 18.5 Å². The number of fused-ring (bicyclic) bond motifs is 1. The van der Waals surface area contributed by atoms with Crippen LogP contribution in [0.2, 0.25) is 0 Å². The number of hydrogen-bond donors (Lipinski definition) is 1. The molecule has 1 aliphatic carbocycles. The molecular weight excluding hydrogens is 210 g/mol. The van der Waals surface area contributed by atoms with Crippen LogP contribution in [0.15, 0.2) is 18.7 Å². The molecule has 0 bridgehead atoms. The lowest BCUT2D eigenvalue weighted by Crippen LogP contribution is -2.16. The predicted molar refractivity (Wildman–Crippen MR) is 68.9 cm³/mol. The standard InChI is InChI=1S/C14H17N3/c1-3-10(2)16-14-12(9-15)8-11-6-4-5-7-13(11)17-14/h3,8,10H,1,4-7H2,2H3,(H,16,17). The Morgan fingerprint density at radius 3 is 3.00 bits per heavy atom. The highest BCUT2D eigenvalue weighted by atomic mass is 15.0. The normalized spacial score (nSPS) is 15.5. The average Bonchev–Trinajstić information content (AvgIpc) is 2.37. The van der Waals surface area contributed by atoms with Crippen molar-refractivity contribution in [2.45, 2.75) is 38.6 Å². The van der Waals surface area contributed by atoms with Gasteiger partial charge in [-0.05, 0) is 44.2 Å². The molecule has 0 amide bonds. The SMILES string of the molecule is C=CC(C)Nc1nc2c(cc1C#N)CCCC2. The van der Waals surface area contributed by atoms with Crippen molar-refractivity contribution >= 4 is 5.82 Å². The number of hydrogen-bond acceptors (Lipinski definition) is 3. The van der Waals surface area contributed by atoms with E-state index in [9.17, 15) is 0 Å². The zero-order chi connectivity index (χ0) is 12.3. The van der Waals surface area contributed by atoms with E-state index in [1.54, 1.807) is 0 Å². The number of rotatable bonds is 3. The molecule has 0 aromatic carbocycles. The van der Waals surface area contributed by atoms with Gasteiger partial charge in [0.1, 0.15) is 11.9 Å². The van der Waals surface area contributed by atoms with Gasteiger partial charge in [-0.2, -0.15) is 5.26 Å². The Hall–Kier alpha value is -1.82. The Balaban J connectivity index is 2.37. The maximum Gasteiger partial charge on any atom is 0.144 e. The first-order valence-corrected chi connectivity index (χ1v) is 6.06. The molecule has 1 aromatic rings. The Morgan fingerprint density at radius 1 is 1.53 bits per heavy atom. The Morgan fingerprint density at radius 2 is 2.29 bits per heavy atom. The summed E-state index contributed by atoms with van der Waals surface area (Å²) in [6, 6.07) is 4.32. The second-order valence-electron chi connectivity index (χ2n) is 4.48. The summed E-state index contributed by atoms with van der Waals surface area (Å²) in [7, 11) is 0. The molecule has 0 radical (unpaired) electrons. The minimum atomic E-state index is 0.122. The topological polar surface area (TPSA) is 48.7 Å². The molecule has 3 heteroatoms. The second kappa shape index (κ2) is 5.01. The highest BCUT2D eigenvalue weighted by molar-refractivity contribution is 5.55. The summed E-state index contributed by atoms with van der Waals surface area (Å²) in [6.45, 7) is 5.72. The summed E-state index contributed by atoms with van der Waals surface area (Å²) in [5, 5.41) is 12.4. The molecule has 1 aliphatic rings. The first-order chi connectivity index (χ1) is 8.24. The fraction of sp³-hybridized carbons (Fsp3) is 0.429. The van der Waals surface area contributed by atoms with Crippen molar-refractivity contribution in [3.8, 4) is 6.07 Å². The lowest BCUT2D eigenvalue weighted by molar-refractivity contribution is 0.667. The van der Waals surface area contributed by atoms with Gasteiger partial charge in [-0.3, -0.25) is 0 Å². The van der Waals surface area contributed by atoms with Gasteiger partial charge in [-0.15, -0.1) is 6.58 Å². The van der Waals surface area contributed by atoms with Crippen LogP contribution in [0.5, 0.6) is 0 Å². The third kappa shape index (κ3) is 2.47. The van der Waals surface area contributed by atoms with E-state index < -0.39 is 0 Å². The van der Waals surface area contributed by atoms with Gasteiger partial charge >= 0.3 is 0 Å². The quantitative estimate of drug-likeness (QED) is 0.808. The fourth-order valence-electron chi connectivity index (χ4n) is 2.10. The van der Waals surface area contributed by atoms with Crippen LogP contribution in [0.3, 0.4) is 0 Å². The smallest absolute Gasteiger partial charge is 0.144 e. The van der Waals surface area contributed by atoms with Crippen LogP contribution in [0, 0.1) is 11.3 Å². The number of aromatic nitrogens is 1. The monoisotopic (exact) mass is 227 g/mol. The van der Waals surface area contributed by atoms with Gasteiger partial charge in [-0.25, -0.2) is 4.98 Å². The van der Waals surface area contributed by atoms with Gasteiger partial charge in [-0.1, -0.05) is 6.08 Å². The lowest BCUT2D eigenvalue weighted by Gasteiger charge is -2.18. The maximum atomic E-state index is 9.15. The fourth-order valence-corrected chi connectivity index (χ4v) is 2.10. The first-order valence-electron chi connectivity index (χ1n) is 6.06. The van der Waals surface area contributed by atoms with E-state index >= 15 is 0 Å². The molecule has 0 saturated carbocycles. The van der Waals surface area contributed by atoms with Gasteiger partial charge in [0, 0.05) is 11.7 Å². The summed E-state index contributed by atoms with van der Waals surface area (Å²) in [6.07, 6.45) is 6.28. The van der Waals surface area contributed by atoms with E-state index in [1.807, 2.05) is 19.1 Å². The van der Waals surface area contributed by atoms with Gasteiger partial charge in [0.05, 0.1) is 5.56 Å². The maximum absolute atomic E-state index is 9.15. The summed E-state index contributed by atoms with van der Waals surface area (Å²) >= 11 is 0. The molecule has 1 unspecified atom stereocenters. The predicted octanol–water partition coefficient (Wildman–Crippen LogP) is 2.82. The third-order valence-corrected chi connectivity index (χ3v) is 3.14. The summed E-state index contributed by atoms with van der Waals surface area (Å²) < 4.78 is 0. The van der Waals surface area contributed by atoms with Crippen LogP contribution in [-0.4, -0.2) is 11.0 Å². The molecule has 17 heavy (non-hydrogen) atoms. The van der Waals surface area contributed by atoms with Crippen LogP contribution in [0.25, 0.3) is 0 Å². The van der Waals surface area contributed by atoms with Crippen LogP contribution in [0.1, 0.15) is 36.6 Å². The molecule has 1 N–H and O–H groups in total. The summed E-state index contributed by atoms with van der Waals surface area (Å²) in [4.78, 5) is 4.59. The van der Waals surface area contributed by atoms with Crippen molar-refractivity contribution < 1.29 is 0 Å². The second-order valence-corrected chi connectivity index (χ2v) is 4.48. The summed E-state index contributed by atoms with van der Waals surface area (Å²) in [5.41, 5.74) is 3.03. The number of nitriles is 1. The number of aryl methyl sites for hydroxylation is 2. The minimum Gasteiger partial charge on any atom is -0.363 e. The first kappa shape index (κ1) is 11.7. The van der Waals surface area contributed by atoms with E-state index in [2.05, 4.69) is 22.9 Å². The van der Waals surface area contributed by atoms with Crippen molar-refractivity contribution in [3.05, 3.63) is 35.5 Å². The summed E-state index contributed by atoms with van der Waals surface area (Å²) in [5.74, 6) is 0.695. The molecule has 2 rings (SSSR count). The molecule has 0 saturated heterocycles. The van der Waals surface area contributed by atoms with E-state index in [-0.39, 0.29) is 6.04 Å². The Bertz CT molecular complexity index is 471. The average molecular weight is 227 g/mol. The number of anilines is 1. The number of pyridine rings is 1. The van der Waals surface area contributed by atoms with Gasteiger partial charge in [0.2, 0.25) is 0 Å². The van der Waals surface area contributed by atoms with Crippen molar-refractivity contribution in [1.29, 1.82) is 5.26 Å². The van der Waals surface area contributed by atoms with Crippen molar-refractivity contribution in [3.63, 3.8) is 0 Å². The highest BCUT2D eigenvalue weighted by Crippen LogP contribution is 2.24. The molecule has 0 spiro atoms.